The summed E-state index contributed by atoms with van der Waals surface area (Å²) in [6.07, 6.45) is 12.1. The van der Waals surface area contributed by atoms with E-state index >= 15 is 0 Å². The van der Waals surface area contributed by atoms with Gasteiger partial charge in [-0.05, 0) is 49.4 Å². The summed E-state index contributed by atoms with van der Waals surface area (Å²) in [5.74, 6) is -1.60. The van der Waals surface area contributed by atoms with Crippen molar-refractivity contribution >= 4 is 23.3 Å². The van der Waals surface area contributed by atoms with Crippen LogP contribution in [0.1, 0.15) is 18.4 Å². The maximum absolute atomic E-state index is 14.6. The number of β-lactam (4-membered cyclic amide) rings is 1. The molecule has 7 nitrogen and oxygen atoms in total. The van der Waals surface area contributed by atoms with Gasteiger partial charge in [0.2, 0.25) is 5.91 Å². The molecule has 1 saturated carbocycles. The number of methoxy groups -OCH3 is 1. The van der Waals surface area contributed by atoms with Gasteiger partial charge in [0.1, 0.15) is 11.3 Å². The van der Waals surface area contributed by atoms with Crippen molar-refractivity contribution in [1.82, 2.24) is 4.90 Å². The quantitative estimate of drug-likeness (QED) is 0.382. The summed E-state index contributed by atoms with van der Waals surface area (Å²) in [5.41, 5.74) is 2.37. The molecule has 0 bridgehead atoms. The molecular weight excluding hydrogens is 528 g/mol. The highest BCUT2D eigenvalue weighted by Gasteiger charge is 2.73. The molecule has 3 aliphatic carbocycles. The van der Waals surface area contributed by atoms with Crippen LogP contribution in [0.4, 0.5) is 5.69 Å². The highest BCUT2D eigenvalue weighted by atomic mass is 16.5. The smallest absolute Gasteiger partial charge is 0.311 e. The van der Waals surface area contributed by atoms with E-state index in [-0.39, 0.29) is 48.1 Å². The fourth-order valence-electron chi connectivity index (χ4n) is 8.40. The van der Waals surface area contributed by atoms with Crippen LogP contribution in [0.25, 0.3) is 0 Å². The topological polar surface area (TPSA) is 76.2 Å². The standard InChI is InChI=1S/C35H34N2O5/c1-4-42-34(40)30-26(20-36(2)35(30)27-15-9-13-21-12-8-14-25(28(21)27)32(35)38)31-29(22-10-6-5-7-11-22)33(39)37(31)23-16-18-24(41-3)19-17-23/h5-19,26-31H,4,20H2,1-3H3/t26-,27?,28?,29+,30-,31-,35+/m0/s1. The Morgan fingerprint density at radius 2 is 1.76 bits per heavy atom. The molecule has 2 unspecified atom stereocenters. The minimum absolute atomic E-state index is 0.0136. The van der Waals surface area contributed by atoms with E-state index in [1.165, 1.54) is 0 Å². The summed E-state index contributed by atoms with van der Waals surface area (Å²) in [6, 6.07) is 16.8. The predicted octanol–water partition coefficient (Wildman–Crippen LogP) is 4.48. The van der Waals surface area contributed by atoms with Gasteiger partial charge in [0, 0.05) is 35.6 Å². The Morgan fingerprint density at radius 1 is 1.00 bits per heavy atom. The van der Waals surface area contributed by atoms with E-state index in [9.17, 15) is 14.4 Å². The number of carbonyl (C=O) groups is 3. The number of Topliss-reactive ketones (excluding diaryl/α,β-unsaturated/α-hetero) is 1. The molecule has 2 heterocycles. The van der Waals surface area contributed by atoms with Gasteiger partial charge in [0.25, 0.3) is 0 Å². The summed E-state index contributed by atoms with van der Waals surface area (Å²) in [4.78, 5) is 46.7. The molecule has 0 N–H and O–H groups in total. The number of rotatable bonds is 6. The summed E-state index contributed by atoms with van der Waals surface area (Å²) >= 11 is 0. The molecule has 2 aromatic rings. The normalized spacial score (nSPS) is 32.9. The molecule has 2 saturated heterocycles. The number of nitrogens with zero attached hydrogens (tertiary/aromatic N) is 2. The molecule has 42 heavy (non-hydrogen) atoms. The summed E-state index contributed by atoms with van der Waals surface area (Å²) in [5, 5.41) is 0. The van der Waals surface area contributed by atoms with Crippen molar-refractivity contribution in [3.05, 3.63) is 108 Å². The molecule has 3 fully saturated rings. The average Bonchev–Trinajstić information content (AvgIpc) is 3.45. The molecule has 7 atom stereocenters. The van der Waals surface area contributed by atoms with Crippen LogP contribution < -0.4 is 9.64 Å². The number of amides is 1. The second-order valence-corrected chi connectivity index (χ2v) is 11.7. The third kappa shape index (κ3) is 3.52. The van der Waals surface area contributed by atoms with Crippen LogP contribution >= 0.6 is 0 Å². The van der Waals surface area contributed by atoms with Gasteiger partial charge in [-0.3, -0.25) is 19.3 Å². The number of likely N-dealkylation sites (N-methyl/N-ethyl adjacent to an activating group) is 1. The fourth-order valence-corrected chi connectivity index (χ4v) is 8.40. The molecule has 1 spiro atoms. The average molecular weight is 563 g/mol. The highest BCUT2D eigenvalue weighted by Crippen LogP contribution is 2.61. The van der Waals surface area contributed by atoms with Gasteiger partial charge in [-0.1, -0.05) is 66.8 Å². The minimum atomic E-state index is -1.11. The van der Waals surface area contributed by atoms with E-state index in [4.69, 9.17) is 9.47 Å². The zero-order valence-corrected chi connectivity index (χ0v) is 24.0. The number of esters is 1. The molecule has 7 rings (SSSR count). The first kappa shape index (κ1) is 26.7. The maximum Gasteiger partial charge on any atom is 0.311 e. The zero-order chi connectivity index (χ0) is 29.2. The lowest BCUT2D eigenvalue weighted by Crippen LogP contribution is -2.65. The molecule has 2 aliphatic heterocycles. The molecule has 2 aromatic carbocycles. The van der Waals surface area contributed by atoms with Crippen LogP contribution in [0.2, 0.25) is 0 Å². The lowest BCUT2D eigenvalue weighted by atomic mass is 9.64. The van der Waals surface area contributed by atoms with Crippen LogP contribution in [0, 0.1) is 23.7 Å². The Kier molecular flexibility index (Phi) is 6.31. The molecular formula is C35H34N2O5. The lowest BCUT2D eigenvalue weighted by molar-refractivity contribution is -0.157. The molecule has 1 amide bonds. The van der Waals surface area contributed by atoms with Crippen molar-refractivity contribution in [1.29, 1.82) is 0 Å². The Balaban J connectivity index is 1.38. The number of benzene rings is 2. The first-order valence-electron chi connectivity index (χ1n) is 14.6. The third-order valence-corrected chi connectivity index (χ3v) is 10.0. The number of carbonyl (C=O) groups excluding carboxylic acids is 3. The van der Waals surface area contributed by atoms with E-state index in [2.05, 4.69) is 23.1 Å². The van der Waals surface area contributed by atoms with E-state index in [0.717, 1.165) is 22.4 Å². The fraction of sp³-hybridized carbons (Fsp3) is 0.343. The Bertz CT molecular complexity index is 1570. The number of likely N-dealkylation sites (tertiary alicyclic amines) is 1. The minimum Gasteiger partial charge on any atom is -0.497 e. The van der Waals surface area contributed by atoms with Gasteiger partial charge >= 0.3 is 5.97 Å². The van der Waals surface area contributed by atoms with Crippen molar-refractivity contribution in [3.8, 4) is 5.75 Å². The van der Waals surface area contributed by atoms with E-state index in [1.807, 2.05) is 84.8 Å². The highest BCUT2D eigenvalue weighted by molar-refractivity contribution is 6.11. The van der Waals surface area contributed by atoms with Crippen LogP contribution in [-0.2, 0) is 19.1 Å². The monoisotopic (exact) mass is 562 g/mol. The summed E-state index contributed by atoms with van der Waals surface area (Å²) < 4.78 is 11.1. The first-order chi connectivity index (χ1) is 20.4. The van der Waals surface area contributed by atoms with Gasteiger partial charge in [-0.25, -0.2) is 0 Å². The second-order valence-electron chi connectivity index (χ2n) is 11.7. The zero-order valence-electron chi connectivity index (χ0n) is 24.0. The lowest BCUT2D eigenvalue weighted by Gasteiger charge is -2.51. The van der Waals surface area contributed by atoms with E-state index in [1.54, 1.807) is 14.0 Å². The predicted molar refractivity (Wildman–Crippen MR) is 159 cm³/mol. The van der Waals surface area contributed by atoms with Crippen LogP contribution in [0.5, 0.6) is 5.75 Å². The number of ether oxygens (including phenoxy) is 2. The number of hydrogen-bond acceptors (Lipinski definition) is 6. The maximum atomic E-state index is 14.6. The Hall–Kier alpha value is -4.23. The molecule has 0 radical (unpaired) electrons. The van der Waals surface area contributed by atoms with Gasteiger partial charge < -0.3 is 14.4 Å². The van der Waals surface area contributed by atoms with Crippen LogP contribution in [-0.4, -0.2) is 61.4 Å². The van der Waals surface area contributed by atoms with E-state index in [0.29, 0.717) is 12.3 Å². The Morgan fingerprint density at radius 3 is 2.48 bits per heavy atom. The van der Waals surface area contributed by atoms with Crippen LogP contribution in [0.15, 0.2) is 102 Å². The van der Waals surface area contributed by atoms with Gasteiger partial charge in [0.15, 0.2) is 5.78 Å². The van der Waals surface area contributed by atoms with Crippen molar-refractivity contribution in [2.24, 2.45) is 23.7 Å². The Labute approximate surface area is 245 Å². The van der Waals surface area contributed by atoms with E-state index < -0.39 is 17.4 Å². The molecule has 0 aromatic heterocycles. The van der Waals surface area contributed by atoms with Gasteiger partial charge in [0.05, 0.1) is 31.6 Å². The molecule has 5 aliphatic rings. The van der Waals surface area contributed by atoms with Crippen molar-refractivity contribution in [2.75, 3.05) is 32.2 Å². The van der Waals surface area contributed by atoms with Crippen molar-refractivity contribution in [3.63, 3.8) is 0 Å². The number of anilines is 1. The third-order valence-electron chi connectivity index (χ3n) is 10.0. The summed E-state index contributed by atoms with van der Waals surface area (Å²) in [6.45, 7) is 2.48. The largest absolute Gasteiger partial charge is 0.497 e. The second kappa shape index (κ2) is 9.95. The SMILES string of the molecule is CCOC(=O)[C@@H]1[C@@H]([C@H]2[C@@H](c3ccccc3)C(=O)N2c2ccc(OC)cc2)CN(C)[C@@]12C(=O)C1=CC=CC3=CC=CC2C31. The molecule has 7 heteroatoms. The van der Waals surface area contributed by atoms with Crippen molar-refractivity contribution in [2.45, 2.75) is 24.4 Å². The first-order valence-corrected chi connectivity index (χ1v) is 14.6. The van der Waals surface area contributed by atoms with Gasteiger partial charge in [-0.15, -0.1) is 0 Å². The number of fused-ring (bicyclic) bond motifs is 1. The van der Waals surface area contributed by atoms with Gasteiger partial charge in [-0.2, -0.15) is 0 Å². The number of ketones is 1. The van der Waals surface area contributed by atoms with Crippen molar-refractivity contribution < 1.29 is 23.9 Å². The number of hydrogen-bond donors (Lipinski definition) is 0. The summed E-state index contributed by atoms with van der Waals surface area (Å²) in [7, 11) is 3.56. The molecule has 214 valence electrons. The number of allylic oxidation sites excluding steroid dienone is 6. The van der Waals surface area contributed by atoms with Crippen LogP contribution in [0.3, 0.4) is 0 Å².